The summed E-state index contributed by atoms with van der Waals surface area (Å²) in [5.74, 6) is -0.0399. The predicted molar refractivity (Wildman–Crippen MR) is 95.1 cm³/mol. The Bertz CT molecular complexity index is 838. The van der Waals surface area contributed by atoms with Gasteiger partial charge in [-0.25, -0.2) is 9.78 Å². The summed E-state index contributed by atoms with van der Waals surface area (Å²) in [6.07, 6.45) is 3.29. The van der Waals surface area contributed by atoms with Crippen LogP contribution in [0.2, 0.25) is 5.02 Å². The molecule has 0 unspecified atom stereocenters. The molecule has 2 amide bonds. The number of halogens is 1. The molecular formula is C18H18ClN3O3. The van der Waals surface area contributed by atoms with Crippen molar-refractivity contribution in [2.24, 2.45) is 0 Å². The van der Waals surface area contributed by atoms with Crippen molar-refractivity contribution in [2.75, 3.05) is 11.9 Å². The molecule has 3 rings (SSSR count). The van der Waals surface area contributed by atoms with Crippen molar-refractivity contribution < 1.29 is 14.7 Å². The molecule has 2 N–H and O–H groups in total. The highest BCUT2D eigenvalue weighted by atomic mass is 35.5. The number of nitrogens with one attached hydrogen (secondary N) is 1. The monoisotopic (exact) mass is 359 g/mol. The number of rotatable bonds is 5. The molecule has 1 aromatic carbocycles. The van der Waals surface area contributed by atoms with Gasteiger partial charge >= 0.3 is 6.03 Å². The molecule has 0 saturated carbocycles. The third-order valence-corrected chi connectivity index (χ3v) is 4.32. The summed E-state index contributed by atoms with van der Waals surface area (Å²) in [5.41, 5.74) is 1.22. The number of pyridine rings is 1. The van der Waals surface area contributed by atoms with E-state index >= 15 is 0 Å². The maximum atomic E-state index is 12.7. The standard InChI is InChI=1S/C18H18ClN3O3/c1-2-3-6-22-10-12-7-11(9-20-17(12)21-18(22)25)16(24)14-8-13(19)4-5-15(14)23/h4-5,7-9,23H,2-3,6,10H2,1H3,(H,20,21,25). The zero-order valence-corrected chi connectivity index (χ0v) is 14.5. The van der Waals surface area contributed by atoms with Crippen LogP contribution in [0.1, 0.15) is 41.3 Å². The highest BCUT2D eigenvalue weighted by molar-refractivity contribution is 6.31. The third kappa shape index (κ3) is 3.58. The van der Waals surface area contributed by atoms with E-state index in [1.54, 1.807) is 11.0 Å². The second-order valence-corrected chi connectivity index (χ2v) is 6.36. The first-order chi connectivity index (χ1) is 12.0. The Balaban J connectivity index is 1.89. The van der Waals surface area contributed by atoms with Crippen molar-refractivity contribution in [2.45, 2.75) is 26.3 Å². The molecule has 25 heavy (non-hydrogen) atoms. The van der Waals surface area contributed by atoms with Gasteiger partial charge in [0.1, 0.15) is 11.6 Å². The van der Waals surface area contributed by atoms with Crippen molar-refractivity contribution in [1.82, 2.24) is 9.88 Å². The van der Waals surface area contributed by atoms with Gasteiger partial charge in [-0.2, -0.15) is 0 Å². The van der Waals surface area contributed by atoms with E-state index in [0.717, 1.165) is 18.4 Å². The van der Waals surface area contributed by atoms with Crippen molar-refractivity contribution in [3.8, 4) is 5.75 Å². The van der Waals surface area contributed by atoms with Crippen LogP contribution in [0, 0.1) is 0 Å². The van der Waals surface area contributed by atoms with Crippen LogP contribution in [-0.4, -0.2) is 33.3 Å². The van der Waals surface area contributed by atoms with Gasteiger partial charge in [0.25, 0.3) is 0 Å². The van der Waals surface area contributed by atoms with E-state index in [-0.39, 0.29) is 23.1 Å². The highest BCUT2D eigenvalue weighted by Gasteiger charge is 2.24. The maximum absolute atomic E-state index is 12.7. The number of hydrogen-bond acceptors (Lipinski definition) is 4. The summed E-state index contributed by atoms with van der Waals surface area (Å²) in [7, 11) is 0. The van der Waals surface area contributed by atoms with Crippen molar-refractivity contribution in [3.05, 3.63) is 52.2 Å². The number of fused-ring (bicyclic) bond motifs is 1. The number of amides is 2. The van der Waals surface area contributed by atoms with Gasteiger partial charge in [0, 0.05) is 28.9 Å². The summed E-state index contributed by atoms with van der Waals surface area (Å²) in [6, 6.07) is 5.84. The molecule has 2 aromatic rings. The molecule has 130 valence electrons. The zero-order valence-electron chi connectivity index (χ0n) is 13.8. The number of carbonyl (C=O) groups is 2. The summed E-state index contributed by atoms with van der Waals surface area (Å²) in [4.78, 5) is 30.6. The minimum atomic E-state index is -0.368. The average Bonchev–Trinajstić information content (AvgIpc) is 2.61. The maximum Gasteiger partial charge on any atom is 0.323 e. The normalized spacial score (nSPS) is 13.4. The number of benzene rings is 1. The summed E-state index contributed by atoms with van der Waals surface area (Å²) >= 11 is 5.91. The number of nitrogens with zero attached hydrogens (tertiary/aromatic N) is 2. The number of phenols is 1. The molecular weight excluding hydrogens is 342 g/mol. The number of anilines is 1. The molecule has 0 spiro atoms. The topological polar surface area (TPSA) is 82.5 Å². The first-order valence-corrected chi connectivity index (χ1v) is 8.45. The van der Waals surface area contributed by atoms with Crippen molar-refractivity contribution in [1.29, 1.82) is 0 Å². The largest absolute Gasteiger partial charge is 0.507 e. The first kappa shape index (κ1) is 17.2. The summed E-state index contributed by atoms with van der Waals surface area (Å²) in [6.45, 7) is 3.11. The first-order valence-electron chi connectivity index (χ1n) is 8.07. The molecule has 0 atom stereocenters. The van der Waals surface area contributed by atoms with E-state index in [4.69, 9.17) is 11.6 Å². The van der Waals surface area contributed by atoms with E-state index in [2.05, 4.69) is 17.2 Å². The van der Waals surface area contributed by atoms with Crippen LogP contribution in [0.15, 0.2) is 30.5 Å². The number of ketones is 1. The quantitative estimate of drug-likeness (QED) is 0.795. The number of unbranched alkanes of at least 4 members (excludes halogenated alkanes) is 1. The van der Waals surface area contributed by atoms with Crippen LogP contribution < -0.4 is 5.32 Å². The molecule has 7 heteroatoms. The van der Waals surface area contributed by atoms with E-state index in [0.29, 0.717) is 29.5 Å². The lowest BCUT2D eigenvalue weighted by Crippen LogP contribution is -2.39. The van der Waals surface area contributed by atoms with Gasteiger partial charge in [0.05, 0.1) is 12.1 Å². The van der Waals surface area contributed by atoms with Gasteiger partial charge < -0.3 is 10.0 Å². The smallest absolute Gasteiger partial charge is 0.323 e. The lowest BCUT2D eigenvalue weighted by Gasteiger charge is -2.28. The van der Waals surface area contributed by atoms with Gasteiger partial charge in [0.2, 0.25) is 0 Å². The molecule has 6 nitrogen and oxygen atoms in total. The third-order valence-electron chi connectivity index (χ3n) is 4.09. The SMILES string of the molecule is CCCCN1Cc2cc(C(=O)c3cc(Cl)ccc3O)cnc2NC1=O. The fourth-order valence-corrected chi connectivity index (χ4v) is 2.87. The van der Waals surface area contributed by atoms with Crippen molar-refractivity contribution >= 4 is 29.2 Å². The molecule has 1 aromatic heterocycles. The molecule has 0 aliphatic carbocycles. The number of carbonyl (C=O) groups excluding carboxylic acids is 2. The highest BCUT2D eigenvalue weighted by Crippen LogP contribution is 2.27. The van der Waals surface area contributed by atoms with Crippen LogP contribution >= 0.6 is 11.6 Å². The molecule has 0 fully saturated rings. The van der Waals surface area contributed by atoms with E-state index in [9.17, 15) is 14.7 Å². The van der Waals surface area contributed by atoms with Crippen LogP contribution in [0.25, 0.3) is 0 Å². The Labute approximate surface area is 150 Å². The number of hydrogen-bond donors (Lipinski definition) is 2. The fourth-order valence-electron chi connectivity index (χ4n) is 2.70. The average molecular weight is 360 g/mol. The van der Waals surface area contributed by atoms with Gasteiger partial charge in [-0.3, -0.25) is 10.1 Å². The summed E-state index contributed by atoms with van der Waals surface area (Å²) < 4.78 is 0. The molecule has 2 heterocycles. The second kappa shape index (κ2) is 7.11. The number of aromatic hydroxyl groups is 1. The van der Waals surface area contributed by atoms with Gasteiger partial charge in [-0.15, -0.1) is 0 Å². The molecule has 0 bridgehead atoms. The minimum Gasteiger partial charge on any atom is -0.507 e. The Kier molecular flexibility index (Phi) is 4.90. The number of aromatic nitrogens is 1. The molecule has 0 saturated heterocycles. The fraction of sp³-hybridized carbons (Fsp3) is 0.278. The van der Waals surface area contributed by atoms with Crippen LogP contribution in [-0.2, 0) is 6.54 Å². The van der Waals surface area contributed by atoms with Gasteiger partial charge in [-0.1, -0.05) is 24.9 Å². The predicted octanol–water partition coefficient (Wildman–Crippen LogP) is 3.82. The Morgan fingerprint density at radius 2 is 2.20 bits per heavy atom. The zero-order chi connectivity index (χ0) is 18.0. The lowest BCUT2D eigenvalue weighted by molar-refractivity contribution is 0.103. The van der Waals surface area contributed by atoms with Gasteiger partial charge in [-0.05, 0) is 30.7 Å². The Morgan fingerprint density at radius 1 is 1.40 bits per heavy atom. The van der Waals surface area contributed by atoms with Crippen LogP contribution in [0.5, 0.6) is 5.75 Å². The number of phenolic OH excluding ortho intramolecular Hbond substituents is 1. The minimum absolute atomic E-state index is 0.122. The lowest BCUT2D eigenvalue weighted by atomic mass is 10.0. The summed E-state index contributed by atoms with van der Waals surface area (Å²) in [5, 5.41) is 13.0. The van der Waals surface area contributed by atoms with Gasteiger partial charge in [0.15, 0.2) is 5.78 Å². The van der Waals surface area contributed by atoms with E-state index in [1.807, 2.05) is 0 Å². The van der Waals surface area contributed by atoms with Crippen LogP contribution in [0.3, 0.4) is 0 Å². The van der Waals surface area contributed by atoms with Crippen molar-refractivity contribution in [3.63, 3.8) is 0 Å². The molecule has 0 radical (unpaired) electrons. The Morgan fingerprint density at radius 3 is 2.96 bits per heavy atom. The second-order valence-electron chi connectivity index (χ2n) is 5.93. The molecule has 1 aliphatic heterocycles. The van der Waals surface area contributed by atoms with Crippen LogP contribution in [0.4, 0.5) is 10.6 Å². The molecule has 1 aliphatic rings. The van der Waals surface area contributed by atoms with E-state index < -0.39 is 0 Å². The number of urea groups is 1. The Hall–Kier alpha value is -2.60. The van der Waals surface area contributed by atoms with E-state index in [1.165, 1.54) is 24.4 Å².